The predicted molar refractivity (Wildman–Crippen MR) is 87.4 cm³/mol. The summed E-state index contributed by atoms with van der Waals surface area (Å²) in [5.74, 6) is -0.108. The lowest BCUT2D eigenvalue weighted by Crippen LogP contribution is -2.22. The zero-order valence-electron chi connectivity index (χ0n) is 12.0. The summed E-state index contributed by atoms with van der Waals surface area (Å²) in [7, 11) is 3.32. The number of ether oxygens (including phenoxy) is 1. The predicted octanol–water partition coefficient (Wildman–Crippen LogP) is 3.10. The van der Waals surface area contributed by atoms with E-state index in [4.69, 9.17) is 22.7 Å². The van der Waals surface area contributed by atoms with E-state index in [0.717, 1.165) is 11.3 Å². The second-order valence-corrected chi connectivity index (χ2v) is 5.11. The van der Waals surface area contributed by atoms with Crippen LogP contribution in [-0.4, -0.2) is 19.1 Å². The van der Waals surface area contributed by atoms with E-state index >= 15 is 0 Å². The van der Waals surface area contributed by atoms with Crippen molar-refractivity contribution in [2.45, 2.75) is 6.54 Å². The Morgan fingerprint density at radius 3 is 2.62 bits per heavy atom. The number of methoxy groups -OCH3 is 1. The van der Waals surface area contributed by atoms with E-state index in [1.165, 1.54) is 7.11 Å². The van der Waals surface area contributed by atoms with Crippen molar-refractivity contribution < 1.29 is 9.13 Å². The number of para-hydroxylation sites is 1. The van der Waals surface area contributed by atoms with E-state index in [9.17, 15) is 4.39 Å². The Hall–Kier alpha value is -2.14. The van der Waals surface area contributed by atoms with Gasteiger partial charge in [0.25, 0.3) is 0 Å². The fraction of sp³-hybridized carbons (Fsp3) is 0.188. The van der Waals surface area contributed by atoms with Crippen LogP contribution >= 0.6 is 12.2 Å². The van der Waals surface area contributed by atoms with Crippen molar-refractivity contribution in [3.63, 3.8) is 0 Å². The molecule has 0 aliphatic heterocycles. The SMILES string of the molecule is COc1cccc(CN(C)c2ccccc2C(N)=S)c1F. The third-order valence-electron chi connectivity index (χ3n) is 3.25. The Morgan fingerprint density at radius 1 is 1.24 bits per heavy atom. The molecule has 110 valence electrons. The van der Waals surface area contributed by atoms with E-state index < -0.39 is 0 Å². The van der Waals surface area contributed by atoms with Crippen molar-refractivity contribution in [1.82, 2.24) is 0 Å². The van der Waals surface area contributed by atoms with Crippen LogP contribution in [0.15, 0.2) is 42.5 Å². The van der Waals surface area contributed by atoms with Gasteiger partial charge in [0, 0.05) is 30.4 Å². The number of nitrogens with two attached hydrogens (primary N) is 1. The van der Waals surface area contributed by atoms with Gasteiger partial charge in [-0.3, -0.25) is 0 Å². The number of halogens is 1. The van der Waals surface area contributed by atoms with Gasteiger partial charge in [0.15, 0.2) is 11.6 Å². The van der Waals surface area contributed by atoms with Gasteiger partial charge in [-0.2, -0.15) is 0 Å². The summed E-state index contributed by atoms with van der Waals surface area (Å²) in [4.78, 5) is 2.23. The van der Waals surface area contributed by atoms with Gasteiger partial charge < -0.3 is 15.4 Å². The zero-order chi connectivity index (χ0) is 15.4. The largest absolute Gasteiger partial charge is 0.494 e. The Morgan fingerprint density at radius 2 is 1.95 bits per heavy atom. The van der Waals surface area contributed by atoms with Crippen LogP contribution in [0.2, 0.25) is 0 Å². The normalized spacial score (nSPS) is 10.2. The molecule has 0 radical (unpaired) electrons. The monoisotopic (exact) mass is 304 g/mol. The summed E-state index contributed by atoms with van der Waals surface area (Å²) in [5, 5.41) is 0. The summed E-state index contributed by atoms with van der Waals surface area (Å²) in [6, 6.07) is 12.6. The Balaban J connectivity index is 2.31. The second-order valence-electron chi connectivity index (χ2n) is 4.67. The number of thiocarbonyl (C=S) groups is 1. The molecule has 2 aromatic rings. The molecule has 5 heteroatoms. The number of benzene rings is 2. The molecule has 21 heavy (non-hydrogen) atoms. The first-order valence-electron chi connectivity index (χ1n) is 6.46. The minimum atomic E-state index is -0.348. The Labute approximate surface area is 129 Å². The minimum absolute atomic E-state index is 0.239. The molecule has 0 saturated carbocycles. The van der Waals surface area contributed by atoms with Crippen molar-refractivity contribution in [1.29, 1.82) is 0 Å². The van der Waals surface area contributed by atoms with Crippen LogP contribution in [0, 0.1) is 5.82 Å². The zero-order valence-corrected chi connectivity index (χ0v) is 12.8. The maximum Gasteiger partial charge on any atom is 0.170 e. The highest BCUT2D eigenvalue weighted by Crippen LogP contribution is 2.25. The van der Waals surface area contributed by atoms with Gasteiger partial charge >= 0.3 is 0 Å². The van der Waals surface area contributed by atoms with Gasteiger partial charge in [-0.05, 0) is 18.2 Å². The number of anilines is 1. The summed E-state index contributed by atoms with van der Waals surface area (Å²) >= 11 is 5.06. The molecule has 0 unspecified atom stereocenters. The molecule has 0 heterocycles. The third-order valence-corrected chi connectivity index (χ3v) is 3.47. The van der Waals surface area contributed by atoms with Crippen molar-refractivity contribution in [2.75, 3.05) is 19.1 Å². The quantitative estimate of drug-likeness (QED) is 0.862. The molecule has 0 aliphatic carbocycles. The molecule has 0 amide bonds. The molecular formula is C16H17FN2OS. The van der Waals surface area contributed by atoms with E-state index in [1.54, 1.807) is 18.2 Å². The van der Waals surface area contributed by atoms with Crippen LogP contribution in [0.5, 0.6) is 5.75 Å². The highest BCUT2D eigenvalue weighted by molar-refractivity contribution is 7.80. The molecule has 0 saturated heterocycles. The summed E-state index contributed by atoms with van der Waals surface area (Å²) in [6.07, 6.45) is 0. The van der Waals surface area contributed by atoms with Crippen LogP contribution in [0.3, 0.4) is 0 Å². The second kappa shape index (κ2) is 6.54. The van der Waals surface area contributed by atoms with Crippen LogP contribution in [0.25, 0.3) is 0 Å². The Kier molecular flexibility index (Phi) is 4.75. The van der Waals surface area contributed by atoms with Crippen molar-refractivity contribution in [3.05, 3.63) is 59.4 Å². The van der Waals surface area contributed by atoms with Gasteiger partial charge in [0.2, 0.25) is 0 Å². The van der Waals surface area contributed by atoms with E-state index in [-0.39, 0.29) is 11.6 Å². The van der Waals surface area contributed by atoms with E-state index in [0.29, 0.717) is 17.1 Å². The molecule has 2 N–H and O–H groups in total. The lowest BCUT2D eigenvalue weighted by atomic mass is 10.1. The van der Waals surface area contributed by atoms with Gasteiger partial charge in [0.1, 0.15) is 4.99 Å². The molecule has 3 nitrogen and oxygen atoms in total. The Bertz CT molecular complexity index is 660. The third kappa shape index (κ3) is 3.31. The standard InChI is InChI=1S/C16H17FN2OS/c1-19(13-8-4-3-7-12(13)16(18)21)10-11-6-5-9-14(20-2)15(11)17/h3-9H,10H2,1-2H3,(H2,18,21). The molecule has 0 fully saturated rings. The highest BCUT2D eigenvalue weighted by Gasteiger charge is 2.13. The first kappa shape index (κ1) is 15.3. The lowest BCUT2D eigenvalue weighted by molar-refractivity contribution is 0.384. The molecule has 2 aromatic carbocycles. The fourth-order valence-electron chi connectivity index (χ4n) is 2.19. The van der Waals surface area contributed by atoms with Crippen LogP contribution in [0.4, 0.5) is 10.1 Å². The summed E-state index contributed by atoms with van der Waals surface area (Å²) in [6.45, 7) is 0.392. The number of hydrogen-bond donors (Lipinski definition) is 1. The van der Waals surface area contributed by atoms with Crippen molar-refractivity contribution >= 4 is 22.9 Å². The van der Waals surface area contributed by atoms with E-state index in [2.05, 4.69) is 0 Å². The van der Waals surface area contributed by atoms with Crippen LogP contribution < -0.4 is 15.4 Å². The number of rotatable bonds is 5. The first-order valence-corrected chi connectivity index (χ1v) is 6.86. The van der Waals surface area contributed by atoms with Crippen LogP contribution in [-0.2, 0) is 6.54 Å². The maximum absolute atomic E-state index is 14.2. The van der Waals surface area contributed by atoms with Crippen molar-refractivity contribution in [2.24, 2.45) is 5.73 Å². The van der Waals surface area contributed by atoms with Crippen molar-refractivity contribution in [3.8, 4) is 5.75 Å². The molecule has 0 aliphatic rings. The minimum Gasteiger partial charge on any atom is -0.494 e. The topological polar surface area (TPSA) is 38.5 Å². The van der Waals surface area contributed by atoms with Gasteiger partial charge in [-0.25, -0.2) is 4.39 Å². The van der Waals surface area contributed by atoms with Gasteiger partial charge in [0.05, 0.1) is 7.11 Å². The molecule has 0 bridgehead atoms. The van der Waals surface area contributed by atoms with Crippen LogP contribution in [0.1, 0.15) is 11.1 Å². The average molecular weight is 304 g/mol. The van der Waals surface area contributed by atoms with Gasteiger partial charge in [-0.1, -0.05) is 36.5 Å². The fourth-order valence-corrected chi connectivity index (χ4v) is 2.36. The number of nitrogens with zero attached hydrogens (tertiary/aromatic N) is 1. The molecule has 0 aromatic heterocycles. The average Bonchev–Trinajstić information content (AvgIpc) is 2.49. The smallest absolute Gasteiger partial charge is 0.170 e. The lowest BCUT2D eigenvalue weighted by Gasteiger charge is -2.22. The summed E-state index contributed by atoms with van der Waals surface area (Å²) < 4.78 is 19.2. The van der Waals surface area contributed by atoms with E-state index in [1.807, 2.05) is 36.2 Å². The number of hydrogen-bond acceptors (Lipinski definition) is 3. The molecule has 0 spiro atoms. The highest BCUT2D eigenvalue weighted by atomic mass is 32.1. The molecule has 0 atom stereocenters. The molecule has 2 rings (SSSR count). The maximum atomic E-state index is 14.2. The first-order chi connectivity index (χ1) is 10.0. The van der Waals surface area contributed by atoms with Gasteiger partial charge in [-0.15, -0.1) is 0 Å². The summed E-state index contributed by atoms with van der Waals surface area (Å²) in [5.41, 5.74) is 7.93. The molecular weight excluding hydrogens is 287 g/mol.